The third-order valence-electron chi connectivity index (χ3n) is 5.96. The second-order valence-electron chi connectivity index (χ2n) is 8.10. The van der Waals surface area contributed by atoms with Crippen molar-refractivity contribution in [2.75, 3.05) is 27.9 Å². The Balaban J connectivity index is 1.98. The van der Waals surface area contributed by atoms with Gasteiger partial charge in [0.05, 0.1) is 66.3 Å². The molecule has 0 saturated carbocycles. The Morgan fingerprint density at radius 3 is 2.37 bits per heavy atom. The van der Waals surface area contributed by atoms with Crippen LogP contribution in [-0.4, -0.2) is 43.4 Å². The molecule has 4 rings (SSSR count). The summed E-state index contributed by atoms with van der Waals surface area (Å²) < 4.78 is 22.6. The second-order valence-corrected chi connectivity index (χ2v) is 9.11. The Bertz CT molecular complexity index is 1620. The number of methoxy groups -OCH3 is 3. The molecule has 1 unspecified atom stereocenters. The maximum absolute atomic E-state index is 13.8. The normalized spacial score (nSPS) is 15.0. The first-order valence-electron chi connectivity index (χ1n) is 11.5. The van der Waals surface area contributed by atoms with Gasteiger partial charge >= 0.3 is 5.97 Å². The fourth-order valence-corrected chi connectivity index (χ4v) is 5.23. The fourth-order valence-electron chi connectivity index (χ4n) is 4.19. The molecule has 0 radical (unpaired) electrons. The van der Waals surface area contributed by atoms with Gasteiger partial charge < -0.3 is 18.9 Å². The third-order valence-corrected chi connectivity index (χ3v) is 6.95. The summed E-state index contributed by atoms with van der Waals surface area (Å²) in [4.78, 5) is 42.9. The van der Waals surface area contributed by atoms with Crippen molar-refractivity contribution in [1.29, 1.82) is 0 Å². The highest BCUT2D eigenvalue weighted by Crippen LogP contribution is 2.35. The van der Waals surface area contributed by atoms with Gasteiger partial charge in [0, 0.05) is 0 Å². The quantitative estimate of drug-likeness (QED) is 0.243. The lowest BCUT2D eigenvalue weighted by Gasteiger charge is -2.24. The summed E-state index contributed by atoms with van der Waals surface area (Å²) in [5, 5.41) is 11.8. The predicted octanol–water partition coefficient (Wildman–Crippen LogP) is 2.73. The molecule has 2 aromatic carbocycles. The number of rotatable bonds is 8. The zero-order valence-electron chi connectivity index (χ0n) is 21.3. The Morgan fingerprint density at radius 1 is 1.13 bits per heavy atom. The molecule has 0 N–H and O–H groups in total. The maximum Gasteiger partial charge on any atom is 0.338 e. The van der Waals surface area contributed by atoms with Crippen LogP contribution in [0.25, 0.3) is 6.08 Å². The first-order valence-corrected chi connectivity index (χ1v) is 12.3. The van der Waals surface area contributed by atoms with Crippen LogP contribution in [0.1, 0.15) is 31.0 Å². The highest BCUT2D eigenvalue weighted by atomic mass is 32.1. The molecule has 198 valence electrons. The molecule has 0 bridgehead atoms. The lowest BCUT2D eigenvalue weighted by molar-refractivity contribution is -0.385. The number of hydrogen-bond donors (Lipinski definition) is 0. The number of ether oxygens (including phenoxy) is 4. The minimum Gasteiger partial charge on any atom is -0.497 e. The lowest BCUT2D eigenvalue weighted by atomic mass is 9.96. The van der Waals surface area contributed by atoms with Crippen LogP contribution in [0.4, 0.5) is 5.69 Å². The van der Waals surface area contributed by atoms with Crippen LogP contribution in [0.2, 0.25) is 0 Å². The Kier molecular flexibility index (Phi) is 7.62. The van der Waals surface area contributed by atoms with Crippen molar-refractivity contribution in [3.8, 4) is 17.2 Å². The molecule has 1 aromatic heterocycles. The Labute approximate surface area is 221 Å². The number of carbonyl (C=O) groups is 1. The van der Waals surface area contributed by atoms with Crippen LogP contribution in [0.15, 0.2) is 57.5 Å². The summed E-state index contributed by atoms with van der Waals surface area (Å²) >= 11 is 1.06. The van der Waals surface area contributed by atoms with Gasteiger partial charge in [-0.1, -0.05) is 23.5 Å². The van der Waals surface area contributed by atoms with Gasteiger partial charge in [-0.05, 0) is 43.7 Å². The molecule has 1 aliphatic rings. The highest BCUT2D eigenvalue weighted by molar-refractivity contribution is 7.07. The summed E-state index contributed by atoms with van der Waals surface area (Å²) in [5.41, 5.74) is 0.715. The standard InChI is InChI=1S/C26H25N3O8S/c1-6-37-25(31)22-14(2)27-26-28(23(22)15-7-9-17(34-3)10-8-15)24(30)21(38-26)12-16-11-19(35-4)20(36-5)13-18(16)29(32)33/h7-13,23H,6H2,1-5H3/b21-12-. The molecule has 0 fully saturated rings. The molecular weight excluding hydrogens is 514 g/mol. The summed E-state index contributed by atoms with van der Waals surface area (Å²) in [6, 6.07) is 8.84. The zero-order valence-corrected chi connectivity index (χ0v) is 22.2. The lowest BCUT2D eigenvalue weighted by Crippen LogP contribution is -2.39. The van der Waals surface area contributed by atoms with E-state index in [0.717, 1.165) is 11.3 Å². The van der Waals surface area contributed by atoms with E-state index < -0.39 is 22.5 Å². The van der Waals surface area contributed by atoms with Crippen LogP contribution in [0, 0.1) is 10.1 Å². The molecule has 12 heteroatoms. The van der Waals surface area contributed by atoms with Crippen molar-refractivity contribution in [3.05, 3.63) is 88.6 Å². The van der Waals surface area contributed by atoms with E-state index in [9.17, 15) is 19.7 Å². The monoisotopic (exact) mass is 539 g/mol. The molecule has 3 aromatic rings. The summed E-state index contributed by atoms with van der Waals surface area (Å²) in [6.07, 6.45) is 1.42. The molecule has 0 amide bonds. The molecular formula is C26H25N3O8S. The van der Waals surface area contributed by atoms with Crippen LogP contribution < -0.4 is 29.1 Å². The number of allylic oxidation sites excluding steroid dienone is 1. The minimum atomic E-state index is -0.821. The average molecular weight is 540 g/mol. The van der Waals surface area contributed by atoms with E-state index in [2.05, 4.69) is 4.99 Å². The fraction of sp³-hybridized carbons (Fsp3) is 0.269. The van der Waals surface area contributed by atoms with E-state index in [0.29, 0.717) is 21.8 Å². The Hall–Kier alpha value is -4.45. The van der Waals surface area contributed by atoms with Gasteiger partial charge in [0.15, 0.2) is 16.3 Å². The first kappa shape index (κ1) is 26.6. The zero-order chi connectivity index (χ0) is 27.6. The number of benzene rings is 2. The average Bonchev–Trinajstić information content (AvgIpc) is 3.21. The number of nitrogens with zero attached hydrogens (tertiary/aromatic N) is 3. The smallest absolute Gasteiger partial charge is 0.338 e. The number of esters is 1. The molecule has 2 heterocycles. The number of carbonyl (C=O) groups excluding carboxylic acids is 1. The van der Waals surface area contributed by atoms with Gasteiger partial charge in [-0.25, -0.2) is 9.79 Å². The molecule has 0 spiro atoms. The molecule has 0 aliphatic carbocycles. The van der Waals surface area contributed by atoms with Crippen molar-refractivity contribution >= 4 is 29.1 Å². The van der Waals surface area contributed by atoms with E-state index in [-0.39, 0.29) is 39.5 Å². The maximum atomic E-state index is 13.8. The summed E-state index contributed by atoms with van der Waals surface area (Å²) in [7, 11) is 4.33. The second kappa shape index (κ2) is 10.9. The van der Waals surface area contributed by atoms with Crippen molar-refractivity contribution in [2.24, 2.45) is 4.99 Å². The van der Waals surface area contributed by atoms with Gasteiger partial charge in [0.1, 0.15) is 5.75 Å². The third kappa shape index (κ3) is 4.77. The van der Waals surface area contributed by atoms with Gasteiger partial charge in [-0.2, -0.15) is 0 Å². The van der Waals surface area contributed by atoms with Crippen molar-refractivity contribution < 1.29 is 28.7 Å². The summed E-state index contributed by atoms with van der Waals surface area (Å²) in [6.45, 7) is 3.53. The molecule has 0 saturated heterocycles. The largest absolute Gasteiger partial charge is 0.497 e. The number of nitro benzene ring substituents is 1. The van der Waals surface area contributed by atoms with Crippen LogP contribution >= 0.6 is 11.3 Å². The van der Waals surface area contributed by atoms with Gasteiger partial charge in [0.2, 0.25) is 0 Å². The highest BCUT2D eigenvalue weighted by Gasteiger charge is 2.33. The Morgan fingerprint density at radius 2 is 1.79 bits per heavy atom. The minimum absolute atomic E-state index is 0.151. The molecule has 1 atom stereocenters. The number of fused-ring (bicyclic) bond motifs is 1. The van der Waals surface area contributed by atoms with Gasteiger partial charge in [-0.15, -0.1) is 0 Å². The molecule has 11 nitrogen and oxygen atoms in total. The summed E-state index contributed by atoms with van der Waals surface area (Å²) in [5.74, 6) is 0.486. The van der Waals surface area contributed by atoms with E-state index in [1.807, 2.05) is 0 Å². The van der Waals surface area contributed by atoms with E-state index in [4.69, 9.17) is 18.9 Å². The molecule has 1 aliphatic heterocycles. The number of thiazole rings is 1. The van der Waals surface area contributed by atoms with Crippen molar-refractivity contribution in [1.82, 2.24) is 4.57 Å². The van der Waals surface area contributed by atoms with Crippen LogP contribution in [0.3, 0.4) is 0 Å². The predicted molar refractivity (Wildman–Crippen MR) is 140 cm³/mol. The molecule has 38 heavy (non-hydrogen) atoms. The van der Waals surface area contributed by atoms with Gasteiger partial charge in [-0.3, -0.25) is 19.5 Å². The van der Waals surface area contributed by atoms with Crippen LogP contribution in [0.5, 0.6) is 17.2 Å². The number of hydrogen-bond acceptors (Lipinski definition) is 10. The topological polar surface area (TPSA) is 131 Å². The van der Waals surface area contributed by atoms with E-state index in [1.54, 1.807) is 45.2 Å². The number of aromatic nitrogens is 1. The number of nitro groups is 1. The van der Waals surface area contributed by atoms with E-state index in [1.165, 1.54) is 37.0 Å². The van der Waals surface area contributed by atoms with Crippen molar-refractivity contribution in [2.45, 2.75) is 19.9 Å². The SMILES string of the molecule is CCOC(=O)C1=C(C)N=c2s/c(=C\c3cc(OC)c(OC)cc3[N+](=O)[O-])c(=O)n2C1c1ccc(OC)cc1. The van der Waals surface area contributed by atoms with Crippen molar-refractivity contribution in [3.63, 3.8) is 0 Å². The van der Waals surface area contributed by atoms with Gasteiger partial charge in [0.25, 0.3) is 11.2 Å². The van der Waals surface area contributed by atoms with E-state index >= 15 is 0 Å². The first-order chi connectivity index (χ1) is 18.2. The van der Waals surface area contributed by atoms with Crippen LogP contribution in [-0.2, 0) is 9.53 Å².